The number of carbonyl (C=O) groups excluding carboxylic acids is 1. The number of amides is 2. The number of benzene rings is 1. The smallest absolute Gasteiger partial charge is 0.312 e. The Kier molecular flexibility index (Phi) is 4.63. The summed E-state index contributed by atoms with van der Waals surface area (Å²) in [5, 5.41) is 5.75. The molecule has 4 nitrogen and oxygen atoms in total. The summed E-state index contributed by atoms with van der Waals surface area (Å²) >= 11 is 0. The van der Waals surface area contributed by atoms with E-state index in [1.807, 2.05) is 12.1 Å². The first-order valence-corrected chi connectivity index (χ1v) is 4.98. The Morgan fingerprint density at radius 1 is 1.33 bits per heavy atom. The van der Waals surface area contributed by atoms with Gasteiger partial charge in [-0.1, -0.05) is 24.3 Å². The van der Waals surface area contributed by atoms with Gasteiger partial charge in [-0.2, -0.15) is 0 Å². The fourth-order valence-electron chi connectivity index (χ4n) is 1.31. The van der Waals surface area contributed by atoms with Crippen LogP contribution in [-0.4, -0.2) is 19.1 Å². The molecule has 0 radical (unpaired) electrons. The fraction of sp³-hybridized carbons (Fsp3) is 0.364. The van der Waals surface area contributed by atoms with Crippen molar-refractivity contribution in [3.05, 3.63) is 35.4 Å². The van der Waals surface area contributed by atoms with Gasteiger partial charge in [0, 0.05) is 19.6 Å². The second-order valence-corrected chi connectivity index (χ2v) is 3.39. The Morgan fingerprint density at radius 2 is 2.07 bits per heavy atom. The number of aryl methyl sites for hydroxylation is 1. The number of hydrogen-bond donors (Lipinski definition) is 3. The lowest BCUT2D eigenvalue weighted by Gasteiger charge is -2.07. The van der Waals surface area contributed by atoms with E-state index in [0.29, 0.717) is 6.54 Å². The fourth-order valence-corrected chi connectivity index (χ4v) is 1.31. The van der Waals surface area contributed by atoms with Gasteiger partial charge in [-0.15, -0.1) is 0 Å². The predicted octanol–water partition coefficient (Wildman–Crippen LogP) is 0.753. The van der Waals surface area contributed by atoms with Crippen LogP contribution in [0, 0.1) is 6.92 Å². The second kappa shape index (κ2) is 6.03. The van der Waals surface area contributed by atoms with Gasteiger partial charge in [0.2, 0.25) is 0 Å². The minimum absolute atomic E-state index is 0.479. The van der Waals surface area contributed by atoms with Gasteiger partial charge in [0.25, 0.3) is 0 Å². The monoisotopic (exact) mass is 207 g/mol. The van der Waals surface area contributed by atoms with Crippen LogP contribution in [-0.2, 0) is 6.54 Å². The van der Waals surface area contributed by atoms with Gasteiger partial charge in [0.1, 0.15) is 0 Å². The van der Waals surface area contributed by atoms with Crippen molar-refractivity contribution in [1.82, 2.24) is 10.6 Å². The summed E-state index contributed by atoms with van der Waals surface area (Å²) in [7, 11) is 0. The van der Waals surface area contributed by atoms with E-state index in [0.717, 1.165) is 13.1 Å². The van der Waals surface area contributed by atoms with E-state index in [-0.39, 0.29) is 0 Å². The highest BCUT2D eigenvalue weighted by Gasteiger charge is 1.96. The van der Waals surface area contributed by atoms with Crippen molar-refractivity contribution in [1.29, 1.82) is 0 Å². The lowest BCUT2D eigenvalue weighted by atomic mass is 10.1. The Morgan fingerprint density at radius 3 is 2.73 bits per heavy atom. The first-order valence-electron chi connectivity index (χ1n) is 4.98. The summed E-state index contributed by atoms with van der Waals surface area (Å²) in [5.41, 5.74) is 7.48. The van der Waals surface area contributed by atoms with Crippen molar-refractivity contribution in [2.45, 2.75) is 13.5 Å². The number of nitrogens with one attached hydrogen (secondary N) is 2. The van der Waals surface area contributed by atoms with E-state index in [4.69, 9.17) is 5.73 Å². The topological polar surface area (TPSA) is 67.2 Å². The molecule has 0 aliphatic rings. The summed E-state index contributed by atoms with van der Waals surface area (Å²) in [6.45, 7) is 4.17. The summed E-state index contributed by atoms with van der Waals surface area (Å²) in [6.07, 6.45) is 0. The van der Waals surface area contributed by atoms with Crippen LogP contribution < -0.4 is 16.4 Å². The van der Waals surface area contributed by atoms with Gasteiger partial charge >= 0.3 is 6.03 Å². The molecule has 0 atom stereocenters. The van der Waals surface area contributed by atoms with Crippen LogP contribution >= 0.6 is 0 Å². The largest absolute Gasteiger partial charge is 0.352 e. The molecule has 0 aromatic heterocycles. The third kappa shape index (κ3) is 4.46. The summed E-state index contributed by atoms with van der Waals surface area (Å²) in [4.78, 5) is 10.4. The van der Waals surface area contributed by atoms with Crippen LogP contribution in [0.15, 0.2) is 24.3 Å². The molecule has 1 aromatic rings. The molecule has 1 aromatic carbocycles. The maximum Gasteiger partial charge on any atom is 0.312 e. The van der Waals surface area contributed by atoms with Gasteiger partial charge in [-0.05, 0) is 18.1 Å². The first kappa shape index (κ1) is 11.5. The van der Waals surface area contributed by atoms with Gasteiger partial charge in [-0.25, -0.2) is 4.79 Å². The lowest BCUT2D eigenvalue weighted by Crippen LogP contribution is -2.35. The third-order valence-corrected chi connectivity index (χ3v) is 2.18. The second-order valence-electron chi connectivity index (χ2n) is 3.39. The Bertz CT molecular complexity index is 325. The molecule has 0 bridgehead atoms. The average Bonchev–Trinajstić information content (AvgIpc) is 2.20. The quantitative estimate of drug-likeness (QED) is 0.624. The summed E-state index contributed by atoms with van der Waals surface area (Å²) in [6, 6.07) is 7.73. The zero-order valence-electron chi connectivity index (χ0n) is 8.92. The molecule has 15 heavy (non-hydrogen) atoms. The van der Waals surface area contributed by atoms with Gasteiger partial charge in [-0.3, -0.25) is 0 Å². The number of carbonyl (C=O) groups is 1. The summed E-state index contributed by atoms with van der Waals surface area (Å²) < 4.78 is 0. The van der Waals surface area contributed by atoms with Crippen molar-refractivity contribution in [2.75, 3.05) is 13.1 Å². The highest BCUT2D eigenvalue weighted by Crippen LogP contribution is 2.05. The van der Waals surface area contributed by atoms with Crippen molar-refractivity contribution in [3.8, 4) is 0 Å². The SMILES string of the molecule is Cc1ccccc1CNCCNC(N)=O. The number of primary amides is 1. The number of rotatable bonds is 5. The maximum atomic E-state index is 10.4. The van der Waals surface area contributed by atoms with Crippen molar-refractivity contribution >= 4 is 6.03 Å². The minimum Gasteiger partial charge on any atom is -0.352 e. The summed E-state index contributed by atoms with van der Waals surface area (Å²) in [5.74, 6) is 0. The Balaban J connectivity index is 2.21. The van der Waals surface area contributed by atoms with Crippen LogP contribution in [0.25, 0.3) is 0 Å². The highest BCUT2D eigenvalue weighted by atomic mass is 16.2. The molecular formula is C11H17N3O. The molecule has 0 saturated carbocycles. The average molecular weight is 207 g/mol. The minimum atomic E-state index is -0.479. The van der Waals surface area contributed by atoms with Crippen LogP contribution in [0.2, 0.25) is 0 Å². The van der Waals surface area contributed by atoms with Crippen molar-refractivity contribution < 1.29 is 4.79 Å². The maximum absolute atomic E-state index is 10.4. The molecule has 1 rings (SSSR count). The van der Waals surface area contributed by atoms with E-state index in [2.05, 4.69) is 29.7 Å². The molecule has 4 N–H and O–H groups in total. The Labute approximate surface area is 89.9 Å². The molecule has 0 saturated heterocycles. The molecule has 82 valence electrons. The first-order chi connectivity index (χ1) is 7.20. The van der Waals surface area contributed by atoms with E-state index in [1.165, 1.54) is 11.1 Å². The van der Waals surface area contributed by atoms with E-state index in [1.54, 1.807) is 0 Å². The molecular weight excluding hydrogens is 190 g/mol. The molecule has 4 heteroatoms. The van der Waals surface area contributed by atoms with E-state index < -0.39 is 6.03 Å². The van der Waals surface area contributed by atoms with Gasteiger partial charge in [0.05, 0.1) is 0 Å². The van der Waals surface area contributed by atoms with Crippen LogP contribution in [0.1, 0.15) is 11.1 Å². The van der Waals surface area contributed by atoms with E-state index in [9.17, 15) is 4.79 Å². The van der Waals surface area contributed by atoms with Crippen LogP contribution in [0.3, 0.4) is 0 Å². The molecule has 0 aliphatic heterocycles. The standard InChI is InChI=1S/C11H17N3O/c1-9-4-2-3-5-10(9)8-13-6-7-14-11(12)15/h2-5,13H,6-8H2,1H3,(H3,12,14,15). The third-order valence-electron chi connectivity index (χ3n) is 2.18. The van der Waals surface area contributed by atoms with E-state index >= 15 is 0 Å². The highest BCUT2D eigenvalue weighted by molar-refractivity contribution is 5.71. The predicted molar refractivity (Wildman–Crippen MR) is 60.5 cm³/mol. The zero-order chi connectivity index (χ0) is 11.1. The molecule has 0 fully saturated rings. The van der Waals surface area contributed by atoms with Gasteiger partial charge in [0.15, 0.2) is 0 Å². The van der Waals surface area contributed by atoms with Gasteiger partial charge < -0.3 is 16.4 Å². The Hall–Kier alpha value is -1.55. The number of urea groups is 1. The van der Waals surface area contributed by atoms with Crippen molar-refractivity contribution in [3.63, 3.8) is 0 Å². The normalized spacial score (nSPS) is 9.93. The lowest BCUT2D eigenvalue weighted by molar-refractivity contribution is 0.249. The zero-order valence-corrected chi connectivity index (χ0v) is 8.92. The molecule has 2 amide bonds. The number of nitrogens with two attached hydrogens (primary N) is 1. The molecule has 0 aliphatic carbocycles. The van der Waals surface area contributed by atoms with Crippen molar-refractivity contribution in [2.24, 2.45) is 5.73 Å². The van der Waals surface area contributed by atoms with Crippen LogP contribution in [0.5, 0.6) is 0 Å². The molecule has 0 unspecified atom stereocenters. The van der Waals surface area contributed by atoms with Crippen LogP contribution in [0.4, 0.5) is 4.79 Å². The molecule has 0 spiro atoms. The molecule has 0 heterocycles. The number of hydrogen-bond acceptors (Lipinski definition) is 2.